The molecule has 0 atom stereocenters. The van der Waals surface area contributed by atoms with E-state index in [0.29, 0.717) is 22.0 Å². The molecular weight excluding hydrogens is 398 g/mol. The van der Waals surface area contributed by atoms with E-state index in [4.69, 9.17) is 4.42 Å². The number of aryl methyl sites for hydroxylation is 2. The Kier molecular flexibility index (Phi) is 4.82. The van der Waals surface area contributed by atoms with E-state index in [9.17, 15) is 20.0 Å². The van der Waals surface area contributed by atoms with Gasteiger partial charge in [-0.25, -0.2) is 4.68 Å². The third-order valence-corrected chi connectivity index (χ3v) is 5.11. The van der Waals surface area contributed by atoms with Gasteiger partial charge < -0.3 is 9.52 Å². The monoisotopic (exact) mass is 416 g/mol. The lowest BCUT2D eigenvalue weighted by atomic mass is 10.1. The minimum Gasteiger partial charge on any atom is -0.872 e. The SMILES string of the molecule is C=c1[nH]n(-c2ccc(C)c(C)c2)c(=O)/c1=C/c1ccc(-c2cc([N+](=O)[O-])ccc2[O-])o1. The highest BCUT2D eigenvalue weighted by atomic mass is 16.6. The Balaban J connectivity index is 1.77. The van der Waals surface area contributed by atoms with Crippen LogP contribution < -0.4 is 21.2 Å². The first-order valence-electron chi connectivity index (χ1n) is 9.39. The van der Waals surface area contributed by atoms with E-state index < -0.39 is 10.7 Å². The number of aromatic amines is 1. The first kappa shape index (κ1) is 20.0. The van der Waals surface area contributed by atoms with E-state index in [1.807, 2.05) is 32.0 Å². The maximum Gasteiger partial charge on any atom is 0.279 e. The van der Waals surface area contributed by atoms with Crippen molar-refractivity contribution in [1.82, 2.24) is 9.78 Å². The van der Waals surface area contributed by atoms with Crippen LogP contribution in [0.3, 0.4) is 0 Å². The van der Waals surface area contributed by atoms with Gasteiger partial charge in [-0.15, -0.1) is 0 Å². The molecule has 2 heterocycles. The Hall–Kier alpha value is -4.33. The molecule has 0 radical (unpaired) electrons. The van der Waals surface area contributed by atoms with Crippen molar-refractivity contribution < 1.29 is 14.4 Å². The predicted octanol–water partition coefficient (Wildman–Crippen LogP) is 2.26. The third kappa shape index (κ3) is 3.66. The van der Waals surface area contributed by atoms with Crippen molar-refractivity contribution >= 4 is 18.3 Å². The first-order valence-corrected chi connectivity index (χ1v) is 9.39. The maximum atomic E-state index is 12.9. The summed E-state index contributed by atoms with van der Waals surface area (Å²) in [4.78, 5) is 23.4. The molecule has 156 valence electrons. The molecule has 0 saturated heterocycles. The number of rotatable bonds is 4. The van der Waals surface area contributed by atoms with Gasteiger partial charge in [0, 0.05) is 17.7 Å². The number of H-pyrrole nitrogens is 1. The number of nitro groups is 1. The van der Waals surface area contributed by atoms with Crippen LogP contribution in [0.2, 0.25) is 0 Å². The van der Waals surface area contributed by atoms with Crippen molar-refractivity contribution in [2.24, 2.45) is 0 Å². The maximum absolute atomic E-state index is 12.9. The second-order valence-corrected chi connectivity index (χ2v) is 7.20. The van der Waals surface area contributed by atoms with E-state index in [1.165, 1.54) is 22.9 Å². The molecule has 0 fully saturated rings. The molecule has 2 aromatic heterocycles. The zero-order valence-corrected chi connectivity index (χ0v) is 16.8. The van der Waals surface area contributed by atoms with Gasteiger partial charge in [0.1, 0.15) is 11.5 Å². The van der Waals surface area contributed by atoms with Crippen LogP contribution >= 0.6 is 0 Å². The Morgan fingerprint density at radius 1 is 1.10 bits per heavy atom. The number of hydrogen-bond donors (Lipinski definition) is 1. The van der Waals surface area contributed by atoms with Crippen molar-refractivity contribution in [3.05, 3.63) is 96.5 Å². The van der Waals surface area contributed by atoms with Crippen molar-refractivity contribution in [3.63, 3.8) is 0 Å². The van der Waals surface area contributed by atoms with Crippen LogP contribution in [0.1, 0.15) is 16.9 Å². The summed E-state index contributed by atoms with van der Waals surface area (Å²) in [6.07, 6.45) is 1.52. The topological polar surface area (TPSA) is 117 Å². The van der Waals surface area contributed by atoms with E-state index in [-0.39, 0.29) is 22.6 Å². The quantitative estimate of drug-likeness (QED) is 0.405. The van der Waals surface area contributed by atoms with Crippen LogP contribution in [0, 0.1) is 24.0 Å². The molecule has 31 heavy (non-hydrogen) atoms. The highest BCUT2D eigenvalue weighted by Crippen LogP contribution is 2.32. The number of nitrogens with zero attached hydrogens (tertiary/aromatic N) is 2. The molecule has 4 rings (SSSR count). The number of hydrogen-bond acceptors (Lipinski definition) is 5. The van der Waals surface area contributed by atoms with Gasteiger partial charge in [-0.05, 0) is 55.3 Å². The van der Waals surface area contributed by atoms with Crippen molar-refractivity contribution in [2.45, 2.75) is 13.8 Å². The van der Waals surface area contributed by atoms with E-state index >= 15 is 0 Å². The number of non-ortho nitro benzene ring substituents is 1. The second kappa shape index (κ2) is 7.49. The molecule has 0 aliphatic rings. The summed E-state index contributed by atoms with van der Waals surface area (Å²) < 4.78 is 7.08. The fraction of sp³-hybridized carbons (Fsp3) is 0.0870. The smallest absolute Gasteiger partial charge is 0.279 e. The number of furan rings is 1. The van der Waals surface area contributed by atoms with Gasteiger partial charge in [-0.2, -0.15) is 0 Å². The standard InChI is InChI=1S/C23H19N3O5/c1-13-4-5-16(10-14(13)2)25-23(28)19(15(3)24-25)12-18-7-9-22(31-18)20-11-17(26(29)30)6-8-21(20)27/h4-12,24,27H,3H2,1-2H3/p-1/b19-12+. The normalized spacial score (nSPS) is 11.7. The zero-order valence-electron chi connectivity index (χ0n) is 16.8. The van der Waals surface area contributed by atoms with Gasteiger partial charge in [0.05, 0.1) is 21.2 Å². The van der Waals surface area contributed by atoms with Crippen LogP contribution in [0.5, 0.6) is 5.75 Å². The van der Waals surface area contributed by atoms with Crippen LogP contribution in [0.25, 0.3) is 29.7 Å². The van der Waals surface area contributed by atoms with Gasteiger partial charge in [0.15, 0.2) is 0 Å². The van der Waals surface area contributed by atoms with Gasteiger partial charge in [-0.1, -0.05) is 24.5 Å². The molecule has 8 nitrogen and oxygen atoms in total. The summed E-state index contributed by atoms with van der Waals surface area (Å²) in [6, 6.07) is 12.2. The molecule has 8 heteroatoms. The van der Waals surface area contributed by atoms with Crippen molar-refractivity contribution in [3.8, 4) is 22.8 Å². The fourth-order valence-electron chi connectivity index (χ4n) is 3.23. The molecule has 0 aliphatic heterocycles. The van der Waals surface area contributed by atoms with Gasteiger partial charge in [0.2, 0.25) is 0 Å². The summed E-state index contributed by atoms with van der Waals surface area (Å²) in [6.45, 7) is 7.86. The van der Waals surface area contributed by atoms with Crippen molar-refractivity contribution in [1.29, 1.82) is 0 Å². The number of nitro benzene ring substituents is 1. The zero-order chi connectivity index (χ0) is 22.3. The molecule has 0 amide bonds. The molecule has 0 spiro atoms. The Labute approximate surface area is 176 Å². The first-order chi connectivity index (χ1) is 14.7. The molecule has 2 aromatic carbocycles. The number of nitrogens with one attached hydrogen (secondary N) is 1. The van der Waals surface area contributed by atoms with E-state index in [1.54, 1.807) is 6.07 Å². The lowest BCUT2D eigenvalue weighted by molar-refractivity contribution is -0.385. The summed E-state index contributed by atoms with van der Waals surface area (Å²) in [7, 11) is 0. The van der Waals surface area contributed by atoms with Gasteiger partial charge in [0.25, 0.3) is 11.2 Å². The van der Waals surface area contributed by atoms with Gasteiger partial charge >= 0.3 is 0 Å². The Bertz CT molecular complexity index is 1490. The largest absolute Gasteiger partial charge is 0.872 e. The Morgan fingerprint density at radius 3 is 2.58 bits per heavy atom. The molecule has 4 aromatic rings. The van der Waals surface area contributed by atoms with E-state index in [0.717, 1.165) is 23.3 Å². The molecular formula is C23H18N3O5-. The average molecular weight is 416 g/mol. The summed E-state index contributed by atoms with van der Waals surface area (Å²) in [5, 5.41) is 26.8. The minimum absolute atomic E-state index is 0.0744. The molecule has 0 aliphatic carbocycles. The minimum atomic E-state index is -0.580. The van der Waals surface area contributed by atoms with E-state index in [2.05, 4.69) is 11.7 Å². The molecule has 1 N–H and O–H groups in total. The third-order valence-electron chi connectivity index (χ3n) is 5.11. The predicted molar refractivity (Wildman–Crippen MR) is 114 cm³/mol. The number of benzene rings is 2. The fourth-order valence-corrected chi connectivity index (χ4v) is 3.23. The average Bonchev–Trinajstić information content (AvgIpc) is 3.30. The lowest BCUT2D eigenvalue weighted by Gasteiger charge is -2.10. The van der Waals surface area contributed by atoms with Crippen LogP contribution in [-0.4, -0.2) is 14.7 Å². The van der Waals surface area contributed by atoms with Gasteiger partial charge in [-0.3, -0.25) is 20.0 Å². The second-order valence-electron chi connectivity index (χ2n) is 7.20. The highest BCUT2D eigenvalue weighted by molar-refractivity contribution is 5.69. The lowest BCUT2D eigenvalue weighted by Crippen LogP contribution is -2.33. The summed E-state index contributed by atoms with van der Waals surface area (Å²) >= 11 is 0. The van der Waals surface area contributed by atoms with Crippen LogP contribution in [-0.2, 0) is 0 Å². The summed E-state index contributed by atoms with van der Waals surface area (Å²) in [5.41, 5.74) is 2.42. The molecule has 0 unspecified atom stereocenters. The summed E-state index contributed by atoms with van der Waals surface area (Å²) in [5.74, 6) is 0.0906. The van der Waals surface area contributed by atoms with Crippen LogP contribution in [0.4, 0.5) is 5.69 Å². The van der Waals surface area contributed by atoms with Crippen molar-refractivity contribution in [2.75, 3.05) is 0 Å². The van der Waals surface area contributed by atoms with Crippen LogP contribution in [0.15, 0.2) is 57.7 Å². The molecule has 0 saturated carbocycles. The molecule has 0 bridgehead atoms. The number of aromatic nitrogens is 2. The highest BCUT2D eigenvalue weighted by Gasteiger charge is 2.12. The Morgan fingerprint density at radius 2 is 1.87 bits per heavy atom.